The molecular weight excluding hydrogens is 200 g/mol. The Labute approximate surface area is 94.8 Å². The quantitative estimate of drug-likeness (QED) is 0.806. The molecule has 0 aromatic heterocycles. The molecule has 0 aliphatic carbocycles. The molecular formula is C14H14O2. The molecule has 0 heterocycles. The van der Waals surface area contributed by atoms with Crippen molar-refractivity contribution in [3.05, 3.63) is 59.2 Å². The fourth-order valence-corrected chi connectivity index (χ4v) is 1.71. The van der Waals surface area contributed by atoms with Crippen molar-refractivity contribution in [1.29, 1.82) is 0 Å². The Morgan fingerprint density at radius 3 is 2.12 bits per heavy atom. The van der Waals surface area contributed by atoms with Gasteiger partial charge in [0.15, 0.2) is 0 Å². The van der Waals surface area contributed by atoms with Crippen LogP contribution >= 0.6 is 0 Å². The lowest BCUT2D eigenvalue weighted by atomic mass is 10.0. The maximum atomic E-state index is 9.31. The lowest BCUT2D eigenvalue weighted by molar-refractivity contribution is 0.474. The van der Waals surface area contributed by atoms with Crippen LogP contribution in [0.25, 0.3) is 0 Å². The minimum absolute atomic E-state index is 0.283. The van der Waals surface area contributed by atoms with Gasteiger partial charge in [-0.2, -0.15) is 0 Å². The van der Waals surface area contributed by atoms with Gasteiger partial charge in [-0.3, -0.25) is 0 Å². The molecule has 0 radical (unpaired) electrons. The van der Waals surface area contributed by atoms with Crippen LogP contribution in [0, 0.1) is 6.92 Å². The molecule has 2 N–H and O–H groups in total. The largest absolute Gasteiger partial charge is 0.508 e. The molecule has 2 nitrogen and oxygen atoms in total. The van der Waals surface area contributed by atoms with E-state index >= 15 is 0 Å². The molecule has 0 fully saturated rings. The van der Waals surface area contributed by atoms with Crippen LogP contribution in [0.15, 0.2) is 42.5 Å². The number of rotatable bonds is 2. The third kappa shape index (κ3) is 2.34. The Bertz CT molecular complexity index is 487. The van der Waals surface area contributed by atoms with Gasteiger partial charge >= 0.3 is 0 Å². The lowest BCUT2D eigenvalue weighted by Gasteiger charge is -2.06. The molecule has 82 valence electrons. The van der Waals surface area contributed by atoms with E-state index in [0.29, 0.717) is 5.75 Å². The molecule has 2 rings (SSSR count). The van der Waals surface area contributed by atoms with Crippen molar-refractivity contribution in [3.63, 3.8) is 0 Å². The Morgan fingerprint density at radius 2 is 1.50 bits per heavy atom. The van der Waals surface area contributed by atoms with E-state index in [-0.39, 0.29) is 5.75 Å². The maximum absolute atomic E-state index is 9.31. The second-order valence-electron chi connectivity index (χ2n) is 3.95. The maximum Gasteiger partial charge on any atom is 0.115 e. The van der Waals surface area contributed by atoms with Gasteiger partial charge in [0.25, 0.3) is 0 Å². The van der Waals surface area contributed by atoms with Gasteiger partial charge in [0.1, 0.15) is 11.5 Å². The van der Waals surface area contributed by atoms with E-state index in [2.05, 4.69) is 0 Å². The highest BCUT2D eigenvalue weighted by Gasteiger charge is 2.01. The Hall–Kier alpha value is -1.96. The van der Waals surface area contributed by atoms with Crippen LogP contribution in [0.5, 0.6) is 11.5 Å². The summed E-state index contributed by atoms with van der Waals surface area (Å²) in [6.07, 6.45) is 0.812. The zero-order chi connectivity index (χ0) is 11.5. The molecule has 0 spiro atoms. The Kier molecular flexibility index (Phi) is 2.82. The number of hydrogen-bond acceptors (Lipinski definition) is 2. The molecule has 2 aromatic carbocycles. The van der Waals surface area contributed by atoms with Crippen molar-refractivity contribution in [1.82, 2.24) is 0 Å². The number of aryl methyl sites for hydroxylation is 1. The third-order valence-electron chi connectivity index (χ3n) is 2.66. The van der Waals surface area contributed by atoms with Crippen molar-refractivity contribution in [3.8, 4) is 11.5 Å². The molecule has 0 aliphatic rings. The predicted octanol–water partition coefficient (Wildman–Crippen LogP) is 3.00. The van der Waals surface area contributed by atoms with Gasteiger partial charge in [-0.05, 0) is 54.3 Å². The van der Waals surface area contributed by atoms with Crippen LogP contribution in [0.2, 0.25) is 0 Å². The summed E-state index contributed by atoms with van der Waals surface area (Å²) >= 11 is 0. The van der Waals surface area contributed by atoms with Crippen molar-refractivity contribution in [2.75, 3.05) is 0 Å². The summed E-state index contributed by atoms with van der Waals surface area (Å²) in [5, 5.41) is 18.5. The van der Waals surface area contributed by atoms with Crippen LogP contribution in [-0.2, 0) is 6.42 Å². The number of aromatic hydroxyl groups is 2. The molecule has 0 saturated heterocycles. The normalized spacial score (nSPS) is 10.3. The summed E-state index contributed by atoms with van der Waals surface area (Å²) in [6, 6.07) is 12.6. The molecule has 2 aromatic rings. The molecule has 0 amide bonds. The smallest absolute Gasteiger partial charge is 0.115 e. The van der Waals surface area contributed by atoms with Crippen LogP contribution in [0.4, 0.5) is 0 Å². The van der Waals surface area contributed by atoms with Gasteiger partial charge in [0.2, 0.25) is 0 Å². The molecule has 0 aliphatic heterocycles. The van der Waals surface area contributed by atoms with Crippen molar-refractivity contribution in [2.45, 2.75) is 13.3 Å². The molecule has 0 unspecified atom stereocenters. The fourth-order valence-electron chi connectivity index (χ4n) is 1.71. The first-order chi connectivity index (χ1) is 7.65. The minimum atomic E-state index is 0.283. The summed E-state index contributed by atoms with van der Waals surface area (Å²) in [7, 11) is 0. The van der Waals surface area contributed by atoms with Gasteiger partial charge in [-0.15, -0.1) is 0 Å². The Morgan fingerprint density at radius 1 is 0.875 bits per heavy atom. The first-order valence-electron chi connectivity index (χ1n) is 5.21. The minimum Gasteiger partial charge on any atom is -0.508 e. The van der Waals surface area contributed by atoms with E-state index < -0.39 is 0 Å². The second kappa shape index (κ2) is 4.27. The van der Waals surface area contributed by atoms with E-state index in [1.54, 1.807) is 24.3 Å². The average molecular weight is 214 g/mol. The zero-order valence-electron chi connectivity index (χ0n) is 9.14. The summed E-state index contributed by atoms with van der Waals surface area (Å²) in [6.45, 7) is 1.98. The lowest BCUT2D eigenvalue weighted by Crippen LogP contribution is -1.91. The van der Waals surface area contributed by atoms with Gasteiger partial charge in [0.05, 0.1) is 0 Å². The van der Waals surface area contributed by atoms with Crippen molar-refractivity contribution in [2.24, 2.45) is 0 Å². The number of hydrogen-bond donors (Lipinski definition) is 2. The van der Waals surface area contributed by atoms with E-state index in [0.717, 1.165) is 17.5 Å². The van der Waals surface area contributed by atoms with Gasteiger partial charge in [-0.25, -0.2) is 0 Å². The summed E-state index contributed by atoms with van der Waals surface area (Å²) in [4.78, 5) is 0. The van der Waals surface area contributed by atoms with Gasteiger partial charge in [-0.1, -0.05) is 18.2 Å². The highest BCUT2D eigenvalue weighted by molar-refractivity contribution is 5.38. The highest BCUT2D eigenvalue weighted by atomic mass is 16.3. The van der Waals surface area contributed by atoms with Crippen molar-refractivity contribution < 1.29 is 10.2 Å². The standard InChI is InChI=1S/C14H14O2/c1-10-8-14(16)7-4-12(10)9-11-2-5-13(15)6-3-11/h2-8,15-16H,9H2,1H3. The SMILES string of the molecule is Cc1cc(O)ccc1Cc1ccc(O)cc1. The Balaban J connectivity index is 2.23. The molecule has 0 atom stereocenters. The molecule has 2 heteroatoms. The highest BCUT2D eigenvalue weighted by Crippen LogP contribution is 2.19. The van der Waals surface area contributed by atoms with E-state index in [1.165, 1.54) is 5.56 Å². The second-order valence-corrected chi connectivity index (χ2v) is 3.95. The average Bonchev–Trinajstić information content (AvgIpc) is 2.25. The fraction of sp³-hybridized carbons (Fsp3) is 0.143. The van der Waals surface area contributed by atoms with Gasteiger partial charge in [0, 0.05) is 0 Å². The van der Waals surface area contributed by atoms with Crippen LogP contribution in [0.1, 0.15) is 16.7 Å². The van der Waals surface area contributed by atoms with E-state index in [9.17, 15) is 10.2 Å². The monoisotopic (exact) mass is 214 g/mol. The number of benzene rings is 2. The topological polar surface area (TPSA) is 40.5 Å². The van der Waals surface area contributed by atoms with E-state index in [4.69, 9.17) is 0 Å². The van der Waals surface area contributed by atoms with Crippen LogP contribution < -0.4 is 0 Å². The van der Waals surface area contributed by atoms with Crippen LogP contribution in [-0.4, -0.2) is 10.2 Å². The molecule has 0 saturated carbocycles. The van der Waals surface area contributed by atoms with Gasteiger partial charge < -0.3 is 10.2 Å². The van der Waals surface area contributed by atoms with E-state index in [1.807, 2.05) is 25.1 Å². The summed E-state index contributed by atoms with van der Waals surface area (Å²) in [5.41, 5.74) is 3.41. The third-order valence-corrected chi connectivity index (χ3v) is 2.66. The summed E-state index contributed by atoms with van der Waals surface area (Å²) in [5.74, 6) is 0.582. The molecule has 0 bridgehead atoms. The first kappa shape index (κ1) is 10.6. The summed E-state index contributed by atoms with van der Waals surface area (Å²) < 4.78 is 0. The number of phenols is 2. The van der Waals surface area contributed by atoms with Crippen LogP contribution in [0.3, 0.4) is 0 Å². The first-order valence-corrected chi connectivity index (χ1v) is 5.21. The van der Waals surface area contributed by atoms with Crippen molar-refractivity contribution >= 4 is 0 Å². The number of phenolic OH excluding ortho intramolecular Hbond substituents is 2. The molecule has 16 heavy (non-hydrogen) atoms. The predicted molar refractivity (Wildman–Crippen MR) is 63.8 cm³/mol. The zero-order valence-corrected chi connectivity index (χ0v) is 9.14.